The van der Waals surface area contributed by atoms with Gasteiger partial charge < -0.3 is 15.4 Å². The van der Waals surface area contributed by atoms with Gasteiger partial charge in [0.05, 0.1) is 17.3 Å². The summed E-state index contributed by atoms with van der Waals surface area (Å²) in [5.74, 6) is 0.561. The summed E-state index contributed by atoms with van der Waals surface area (Å²) in [6, 6.07) is 6.18. The highest BCUT2D eigenvalue weighted by Gasteiger charge is 2.16. The molecule has 0 fully saturated rings. The maximum Gasteiger partial charge on any atom is 0.0642 e. The fraction of sp³-hybridized carbons (Fsp3) is 0.625. The Kier molecular flexibility index (Phi) is 7.35. The molecule has 4 heteroatoms. The SMILES string of the molecule is COCCN(CC(C)C)c1c(Cl)cccc1CC(C)N. The molecular formula is C16H27ClN2O. The highest BCUT2D eigenvalue weighted by Crippen LogP contribution is 2.31. The van der Waals surface area contributed by atoms with Crippen molar-refractivity contribution in [2.75, 3.05) is 31.7 Å². The number of benzene rings is 1. The first-order valence-corrected chi connectivity index (χ1v) is 7.60. The number of hydrogen-bond acceptors (Lipinski definition) is 3. The third-order valence-corrected chi connectivity index (χ3v) is 3.38. The van der Waals surface area contributed by atoms with Gasteiger partial charge in [0, 0.05) is 26.2 Å². The smallest absolute Gasteiger partial charge is 0.0642 e. The summed E-state index contributed by atoms with van der Waals surface area (Å²) in [5.41, 5.74) is 8.28. The Balaban J connectivity index is 3.08. The number of halogens is 1. The molecule has 0 bridgehead atoms. The Morgan fingerprint density at radius 1 is 1.30 bits per heavy atom. The van der Waals surface area contributed by atoms with E-state index in [1.807, 2.05) is 19.1 Å². The van der Waals surface area contributed by atoms with E-state index in [1.54, 1.807) is 7.11 Å². The van der Waals surface area contributed by atoms with Crippen molar-refractivity contribution in [3.63, 3.8) is 0 Å². The molecule has 1 rings (SSSR count). The molecule has 0 aliphatic rings. The van der Waals surface area contributed by atoms with Crippen molar-refractivity contribution in [3.05, 3.63) is 28.8 Å². The molecule has 0 heterocycles. The quantitative estimate of drug-likeness (QED) is 0.800. The minimum absolute atomic E-state index is 0.121. The van der Waals surface area contributed by atoms with Gasteiger partial charge in [-0.1, -0.05) is 37.6 Å². The van der Waals surface area contributed by atoms with E-state index in [9.17, 15) is 0 Å². The van der Waals surface area contributed by atoms with Crippen LogP contribution in [0.3, 0.4) is 0 Å². The topological polar surface area (TPSA) is 38.5 Å². The molecule has 1 aromatic rings. The zero-order valence-electron chi connectivity index (χ0n) is 13.0. The van der Waals surface area contributed by atoms with Crippen molar-refractivity contribution in [3.8, 4) is 0 Å². The molecule has 0 saturated heterocycles. The molecule has 0 aliphatic heterocycles. The van der Waals surface area contributed by atoms with Gasteiger partial charge in [-0.3, -0.25) is 0 Å². The van der Waals surface area contributed by atoms with Crippen LogP contribution in [0.2, 0.25) is 5.02 Å². The lowest BCUT2D eigenvalue weighted by molar-refractivity contribution is 0.204. The highest BCUT2D eigenvalue weighted by molar-refractivity contribution is 6.33. The van der Waals surface area contributed by atoms with Gasteiger partial charge in [-0.25, -0.2) is 0 Å². The van der Waals surface area contributed by atoms with Crippen LogP contribution in [0.1, 0.15) is 26.3 Å². The lowest BCUT2D eigenvalue weighted by atomic mass is 10.0. The minimum Gasteiger partial charge on any atom is -0.383 e. The van der Waals surface area contributed by atoms with Crippen LogP contribution < -0.4 is 10.6 Å². The number of nitrogens with zero attached hydrogens (tertiary/aromatic N) is 1. The van der Waals surface area contributed by atoms with E-state index in [1.165, 1.54) is 5.56 Å². The van der Waals surface area contributed by atoms with Crippen molar-refractivity contribution in [1.82, 2.24) is 0 Å². The average molecular weight is 299 g/mol. The van der Waals surface area contributed by atoms with Crippen molar-refractivity contribution in [2.45, 2.75) is 33.2 Å². The first-order chi connectivity index (χ1) is 9.45. The molecule has 1 aromatic carbocycles. The normalized spacial score (nSPS) is 12.8. The van der Waals surface area contributed by atoms with E-state index >= 15 is 0 Å². The lowest BCUT2D eigenvalue weighted by Crippen LogP contribution is -2.32. The number of methoxy groups -OCH3 is 1. The van der Waals surface area contributed by atoms with Crippen LogP contribution in [0.25, 0.3) is 0 Å². The molecule has 1 unspecified atom stereocenters. The number of nitrogens with two attached hydrogens (primary N) is 1. The first kappa shape index (κ1) is 17.3. The van der Waals surface area contributed by atoms with Gasteiger partial charge in [0.2, 0.25) is 0 Å². The second-order valence-electron chi connectivity index (χ2n) is 5.76. The average Bonchev–Trinajstić information content (AvgIpc) is 2.34. The number of para-hydroxylation sites is 1. The second-order valence-corrected chi connectivity index (χ2v) is 6.17. The van der Waals surface area contributed by atoms with Crippen LogP contribution in [0.5, 0.6) is 0 Å². The number of rotatable bonds is 8. The van der Waals surface area contributed by atoms with Crippen LogP contribution in [0.15, 0.2) is 18.2 Å². The maximum atomic E-state index is 6.45. The molecule has 2 N–H and O–H groups in total. The van der Waals surface area contributed by atoms with Crippen LogP contribution in [0, 0.1) is 5.92 Å². The summed E-state index contributed by atoms with van der Waals surface area (Å²) >= 11 is 6.45. The van der Waals surface area contributed by atoms with Crippen molar-refractivity contribution in [2.24, 2.45) is 11.7 Å². The van der Waals surface area contributed by atoms with Crippen LogP contribution in [0.4, 0.5) is 5.69 Å². The fourth-order valence-corrected chi connectivity index (χ4v) is 2.68. The molecule has 20 heavy (non-hydrogen) atoms. The first-order valence-electron chi connectivity index (χ1n) is 7.22. The Bertz CT molecular complexity index is 407. The largest absolute Gasteiger partial charge is 0.383 e. The third-order valence-electron chi connectivity index (χ3n) is 3.08. The minimum atomic E-state index is 0.121. The predicted octanol–water partition coefficient (Wildman–Crippen LogP) is 3.34. The summed E-state index contributed by atoms with van der Waals surface area (Å²) in [4.78, 5) is 2.31. The standard InChI is InChI=1S/C16H27ClN2O/c1-12(2)11-19(8-9-20-4)16-14(10-13(3)18)6-5-7-15(16)17/h5-7,12-13H,8-11,18H2,1-4H3. The monoisotopic (exact) mass is 298 g/mol. The molecule has 3 nitrogen and oxygen atoms in total. The van der Waals surface area contributed by atoms with Crippen LogP contribution in [-0.4, -0.2) is 32.8 Å². The molecule has 1 atom stereocenters. The van der Waals surface area contributed by atoms with Gasteiger partial charge in [-0.15, -0.1) is 0 Å². The molecule has 0 radical (unpaired) electrons. The van der Waals surface area contributed by atoms with Crippen molar-refractivity contribution >= 4 is 17.3 Å². The Labute approximate surface area is 128 Å². The number of anilines is 1. The lowest BCUT2D eigenvalue weighted by Gasteiger charge is -2.30. The summed E-state index contributed by atoms with van der Waals surface area (Å²) in [6.45, 7) is 8.93. The van der Waals surface area contributed by atoms with E-state index in [2.05, 4.69) is 24.8 Å². The summed E-state index contributed by atoms with van der Waals surface area (Å²) in [5, 5.41) is 0.792. The number of hydrogen-bond donors (Lipinski definition) is 1. The Morgan fingerprint density at radius 3 is 2.55 bits per heavy atom. The zero-order chi connectivity index (χ0) is 15.1. The number of ether oxygens (including phenoxy) is 1. The molecule has 0 spiro atoms. The van der Waals surface area contributed by atoms with Gasteiger partial charge in [0.25, 0.3) is 0 Å². The maximum absolute atomic E-state index is 6.45. The molecule has 0 amide bonds. The van der Waals surface area contributed by atoms with E-state index in [-0.39, 0.29) is 6.04 Å². The molecule has 0 aliphatic carbocycles. The van der Waals surface area contributed by atoms with Gasteiger partial charge >= 0.3 is 0 Å². The molecule has 0 saturated carbocycles. The van der Waals surface area contributed by atoms with E-state index < -0.39 is 0 Å². The molecular weight excluding hydrogens is 272 g/mol. The summed E-state index contributed by atoms with van der Waals surface area (Å²) in [6.07, 6.45) is 0.831. The van der Waals surface area contributed by atoms with Crippen molar-refractivity contribution in [1.29, 1.82) is 0 Å². The van der Waals surface area contributed by atoms with Crippen LogP contribution in [-0.2, 0) is 11.2 Å². The second kappa shape index (κ2) is 8.50. The van der Waals surface area contributed by atoms with E-state index in [0.29, 0.717) is 12.5 Å². The van der Waals surface area contributed by atoms with Gasteiger partial charge in [-0.05, 0) is 30.9 Å². The zero-order valence-corrected chi connectivity index (χ0v) is 13.8. The fourth-order valence-electron chi connectivity index (χ4n) is 2.36. The highest BCUT2D eigenvalue weighted by atomic mass is 35.5. The molecule has 0 aromatic heterocycles. The Hall–Kier alpha value is -0.770. The van der Waals surface area contributed by atoms with E-state index in [4.69, 9.17) is 22.1 Å². The van der Waals surface area contributed by atoms with Crippen LogP contribution >= 0.6 is 11.6 Å². The predicted molar refractivity (Wildman–Crippen MR) is 87.7 cm³/mol. The third kappa shape index (κ3) is 5.31. The van der Waals surface area contributed by atoms with Gasteiger partial charge in [0.15, 0.2) is 0 Å². The summed E-state index contributed by atoms with van der Waals surface area (Å²) < 4.78 is 5.23. The Morgan fingerprint density at radius 2 is 2.00 bits per heavy atom. The van der Waals surface area contributed by atoms with E-state index in [0.717, 1.165) is 30.2 Å². The molecule has 114 valence electrons. The summed E-state index contributed by atoms with van der Waals surface area (Å²) in [7, 11) is 1.73. The van der Waals surface area contributed by atoms with Crippen molar-refractivity contribution < 1.29 is 4.74 Å². The van der Waals surface area contributed by atoms with Gasteiger partial charge in [0.1, 0.15) is 0 Å². The van der Waals surface area contributed by atoms with Gasteiger partial charge in [-0.2, -0.15) is 0 Å².